The normalized spacial score (nSPS) is 9.38. The van der Waals surface area contributed by atoms with Crippen molar-refractivity contribution >= 4 is 24.5 Å². The number of benzene rings is 1. The Bertz CT molecular complexity index is 276. The summed E-state index contributed by atoms with van der Waals surface area (Å²) in [4.78, 5) is 11.3. The lowest BCUT2D eigenvalue weighted by atomic mass is 10.3. The van der Waals surface area contributed by atoms with Crippen LogP contribution in [0.2, 0.25) is 0 Å². The molecule has 1 aromatic carbocycles. The van der Waals surface area contributed by atoms with Crippen LogP contribution in [-0.4, -0.2) is 12.6 Å². The van der Waals surface area contributed by atoms with Gasteiger partial charge in [-0.2, -0.15) is 0 Å². The van der Waals surface area contributed by atoms with Gasteiger partial charge in [0.25, 0.3) is 0 Å². The smallest absolute Gasteiger partial charge is 0.331 e. The zero-order valence-electron chi connectivity index (χ0n) is 7.40. The Kier molecular flexibility index (Phi) is 3.64. The molecule has 0 bridgehead atoms. The van der Waals surface area contributed by atoms with Gasteiger partial charge in [-0.1, -0.05) is 31.0 Å². The molecule has 0 saturated carbocycles. The maximum Gasteiger partial charge on any atom is 0.331 e. The molecule has 2 amide bonds. The number of rotatable bonds is 2. The fraction of sp³-hybridized carbons (Fsp3) is 0.222. The van der Waals surface area contributed by atoms with Gasteiger partial charge in [-0.3, -0.25) is 0 Å². The lowest BCUT2D eigenvalue weighted by Crippen LogP contribution is -2.33. The third-order valence-electron chi connectivity index (χ3n) is 1.52. The topological polar surface area (TPSA) is 32.3 Å². The first kappa shape index (κ1) is 9.92. The van der Waals surface area contributed by atoms with E-state index in [1.165, 1.54) is 4.31 Å². The van der Waals surface area contributed by atoms with E-state index >= 15 is 0 Å². The number of amides is 2. The minimum absolute atomic E-state index is 0.211. The number of nitrogens with zero attached hydrogens (tertiary/aromatic N) is 1. The Morgan fingerprint density at radius 1 is 1.46 bits per heavy atom. The molecule has 0 aliphatic rings. The summed E-state index contributed by atoms with van der Waals surface area (Å²) < 4.78 is 1.28. The summed E-state index contributed by atoms with van der Waals surface area (Å²) in [7, 11) is 0. The third-order valence-corrected chi connectivity index (χ3v) is 1.93. The van der Waals surface area contributed by atoms with Gasteiger partial charge in [0.15, 0.2) is 0 Å². The molecule has 70 valence electrons. The van der Waals surface area contributed by atoms with Gasteiger partial charge in [-0.25, -0.2) is 9.10 Å². The molecule has 1 aromatic rings. The van der Waals surface area contributed by atoms with Crippen molar-refractivity contribution in [1.82, 2.24) is 5.32 Å². The van der Waals surface area contributed by atoms with Crippen LogP contribution in [0.25, 0.3) is 0 Å². The molecule has 0 unspecified atom stereocenters. The Morgan fingerprint density at radius 3 is 2.62 bits per heavy atom. The monoisotopic (exact) mass is 196 g/mol. The van der Waals surface area contributed by atoms with E-state index in [1.807, 2.05) is 37.3 Å². The summed E-state index contributed by atoms with van der Waals surface area (Å²) in [6.45, 7) is 2.47. The molecule has 0 spiro atoms. The maximum atomic E-state index is 11.3. The fourth-order valence-electron chi connectivity index (χ4n) is 0.913. The zero-order valence-corrected chi connectivity index (χ0v) is 8.29. The van der Waals surface area contributed by atoms with Gasteiger partial charge >= 0.3 is 6.03 Å². The van der Waals surface area contributed by atoms with Gasteiger partial charge in [0.05, 0.1) is 5.69 Å². The van der Waals surface area contributed by atoms with Crippen LogP contribution in [0.3, 0.4) is 0 Å². The lowest BCUT2D eigenvalue weighted by molar-refractivity contribution is 0.250. The average molecular weight is 196 g/mol. The number of carbonyl (C=O) groups is 1. The fourth-order valence-corrected chi connectivity index (χ4v) is 1.12. The number of carbonyl (C=O) groups excluding carboxylic acids is 1. The van der Waals surface area contributed by atoms with Crippen molar-refractivity contribution in [3.63, 3.8) is 0 Å². The van der Waals surface area contributed by atoms with Crippen LogP contribution in [0.15, 0.2) is 30.3 Å². The van der Waals surface area contributed by atoms with E-state index in [-0.39, 0.29) is 6.03 Å². The minimum atomic E-state index is -0.211. The second-order valence-corrected chi connectivity index (χ2v) is 2.88. The molecule has 1 N–H and O–H groups in total. The summed E-state index contributed by atoms with van der Waals surface area (Å²) in [5, 5.41) is 2.65. The van der Waals surface area contributed by atoms with Crippen LogP contribution in [0.4, 0.5) is 10.5 Å². The number of thiol groups is 1. The van der Waals surface area contributed by atoms with Gasteiger partial charge in [0.2, 0.25) is 0 Å². The second kappa shape index (κ2) is 4.77. The summed E-state index contributed by atoms with van der Waals surface area (Å²) >= 11 is 4.07. The molecule has 0 aliphatic carbocycles. The SMILES string of the molecule is CCNC(=O)N(S)c1ccccc1. The van der Waals surface area contributed by atoms with Crippen LogP contribution in [0, 0.1) is 0 Å². The maximum absolute atomic E-state index is 11.3. The predicted molar refractivity (Wildman–Crippen MR) is 57.0 cm³/mol. The molecule has 0 atom stereocenters. The molecule has 0 aliphatic heterocycles. The number of hydrogen-bond acceptors (Lipinski definition) is 2. The molecule has 0 aromatic heterocycles. The van der Waals surface area contributed by atoms with E-state index in [1.54, 1.807) is 0 Å². The molecule has 1 rings (SSSR count). The van der Waals surface area contributed by atoms with E-state index in [4.69, 9.17) is 0 Å². The van der Waals surface area contributed by atoms with E-state index in [9.17, 15) is 4.79 Å². The van der Waals surface area contributed by atoms with Crippen LogP contribution in [0.1, 0.15) is 6.92 Å². The quantitative estimate of drug-likeness (QED) is 0.697. The van der Waals surface area contributed by atoms with E-state index in [2.05, 4.69) is 18.1 Å². The summed E-state index contributed by atoms with van der Waals surface area (Å²) in [6.07, 6.45) is 0. The van der Waals surface area contributed by atoms with Crippen molar-refractivity contribution in [2.24, 2.45) is 0 Å². The number of nitrogens with one attached hydrogen (secondary N) is 1. The Balaban J connectivity index is 2.68. The predicted octanol–water partition coefficient (Wildman–Crippen LogP) is 2.07. The van der Waals surface area contributed by atoms with Crippen molar-refractivity contribution in [1.29, 1.82) is 0 Å². The third kappa shape index (κ3) is 2.66. The van der Waals surface area contributed by atoms with E-state index < -0.39 is 0 Å². The molecular weight excluding hydrogens is 184 g/mol. The number of urea groups is 1. The molecule has 3 nitrogen and oxygen atoms in total. The van der Waals surface area contributed by atoms with E-state index in [0.717, 1.165) is 5.69 Å². The molecule has 13 heavy (non-hydrogen) atoms. The molecular formula is C9H12N2OS. The highest BCUT2D eigenvalue weighted by molar-refractivity contribution is 7.82. The number of hydrogen-bond donors (Lipinski definition) is 2. The first-order valence-corrected chi connectivity index (χ1v) is 4.47. The summed E-state index contributed by atoms with van der Waals surface area (Å²) in [6, 6.07) is 9.04. The Hall–Kier alpha value is -1.16. The molecule has 0 radical (unpaired) electrons. The number of para-hydroxylation sites is 1. The zero-order chi connectivity index (χ0) is 9.68. The highest BCUT2D eigenvalue weighted by Gasteiger charge is 2.08. The number of anilines is 1. The van der Waals surface area contributed by atoms with Crippen molar-refractivity contribution in [3.05, 3.63) is 30.3 Å². The van der Waals surface area contributed by atoms with Crippen LogP contribution in [0.5, 0.6) is 0 Å². The van der Waals surface area contributed by atoms with E-state index in [0.29, 0.717) is 6.54 Å². The van der Waals surface area contributed by atoms with Gasteiger partial charge in [0.1, 0.15) is 0 Å². The highest BCUT2D eigenvalue weighted by Crippen LogP contribution is 2.14. The lowest BCUT2D eigenvalue weighted by Gasteiger charge is -2.15. The molecule has 0 heterocycles. The minimum Gasteiger partial charge on any atom is -0.337 e. The van der Waals surface area contributed by atoms with Gasteiger partial charge < -0.3 is 5.32 Å². The van der Waals surface area contributed by atoms with Crippen LogP contribution < -0.4 is 9.62 Å². The van der Waals surface area contributed by atoms with Crippen LogP contribution >= 0.6 is 12.8 Å². The standard InChI is InChI=1S/C9H12N2OS/c1-2-10-9(12)11(13)8-6-4-3-5-7-8/h3-7,13H,2H2,1H3,(H,10,12). The van der Waals surface area contributed by atoms with Crippen molar-refractivity contribution in [2.45, 2.75) is 6.92 Å². The first-order chi connectivity index (χ1) is 6.25. The summed E-state index contributed by atoms with van der Waals surface area (Å²) in [5.41, 5.74) is 0.761. The summed E-state index contributed by atoms with van der Waals surface area (Å²) in [5.74, 6) is 0. The molecule has 0 saturated heterocycles. The van der Waals surface area contributed by atoms with Gasteiger partial charge in [-0.05, 0) is 19.1 Å². The Labute approximate surface area is 83.3 Å². The largest absolute Gasteiger partial charge is 0.337 e. The van der Waals surface area contributed by atoms with Gasteiger partial charge in [0, 0.05) is 6.54 Å². The average Bonchev–Trinajstić information content (AvgIpc) is 2.18. The molecule has 4 heteroatoms. The van der Waals surface area contributed by atoms with Crippen molar-refractivity contribution < 1.29 is 4.79 Å². The first-order valence-electron chi connectivity index (χ1n) is 4.07. The highest BCUT2D eigenvalue weighted by atomic mass is 32.1. The Morgan fingerprint density at radius 2 is 2.08 bits per heavy atom. The van der Waals surface area contributed by atoms with Crippen molar-refractivity contribution in [3.8, 4) is 0 Å². The van der Waals surface area contributed by atoms with Crippen LogP contribution in [-0.2, 0) is 0 Å². The van der Waals surface area contributed by atoms with Gasteiger partial charge in [-0.15, -0.1) is 0 Å². The molecule has 0 fully saturated rings. The van der Waals surface area contributed by atoms with Crippen molar-refractivity contribution in [2.75, 3.05) is 10.8 Å². The second-order valence-electron chi connectivity index (χ2n) is 2.48.